The van der Waals surface area contributed by atoms with Gasteiger partial charge in [-0.25, -0.2) is 0 Å². The zero-order valence-electron chi connectivity index (χ0n) is 11.5. The molecule has 106 valence electrons. The molecular formula is C18H15IOS. The summed E-state index contributed by atoms with van der Waals surface area (Å²) in [6, 6.07) is 12.5. The van der Waals surface area contributed by atoms with Gasteiger partial charge in [0.1, 0.15) is 0 Å². The number of rotatable bonds is 3. The monoisotopic (exact) mass is 406 g/mol. The van der Waals surface area contributed by atoms with Gasteiger partial charge in [-0.15, -0.1) is 0 Å². The summed E-state index contributed by atoms with van der Waals surface area (Å²) >= 11 is 2.17. The average molecular weight is 406 g/mol. The summed E-state index contributed by atoms with van der Waals surface area (Å²) in [6.07, 6.45) is 2.61. The van der Waals surface area contributed by atoms with Crippen LogP contribution in [-0.4, -0.2) is 11.7 Å². The first kappa shape index (κ1) is 16.2. The Hall–Kier alpha value is -1.14. The van der Waals surface area contributed by atoms with Crippen LogP contribution in [-0.2, 0) is 0 Å². The number of halogens is 1. The van der Waals surface area contributed by atoms with Gasteiger partial charge in [0.25, 0.3) is 0 Å². The smallest absolute Gasteiger partial charge is 0.0431 e. The first-order valence-electron chi connectivity index (χ1n) is 6.75. The van der Waals surface area contributed by atoms with Crippen molar-refractivity contribution >= 4 is 40.9 Å². The zero-order valence-corrected chi connectivity index (χ0v) is 14.5. The molecule has 3 heteroatoms. The summed E-state index contributed by atoms with van der Waals surface area (Å²) in [5, 5.41) is 14.1. The van der Waals surface area contributed by atoms with Crippen molar-refractivity contribution in [3.8, 4) is 23.0 Å². The number of hydrogen-bond acceptors (Lipinski definition) is 2. The third-order valence-corrected chi connectivity index (χ3v) is 3.86. The molecule has 1 nitrogen and oxygen atoms in total. The van der Waals surface area contributed by atoms with Gasteiger partial charge in [0.2, 0.25) is 0 Å². The SMILES string of the molecule is OCCCCC#Cc1ccc2cc(C#CSI)ccc2c1. The van der Waals surface area contributed by atoms with E-state index in [1.165, 1.54) is 19.7 Å². The van der Waals surface area contributed by atoms with Crippen molar-refractivity contribution in [1.82, 2.24) is 0 Å². The van der Waals surface area contributed by atoms with Gasteiger partial charge in [0.05, 0.1) is 0 Å². The van der Waals surface area contributed by atoms with E-state index in [0.717, 1.165) is 30.4 Å². The van der Waals surface area contributed by atoms with Crippen molar-refractivity contribution in [3.63, 3.8) is 0 Å². The lowest BCUT2D eigenvalue weighted by Gasteiger charge is -1.99. The van der Waals surface area contributed by atoms with E-state index in [4.69, 9.17) is 5.11 Å². The second-order valence-corrected chi connectivity index (χ2v) is 6.24. The summed E-state index contributed by atoms with van der Waals surface area (Å²) in [7, 11) is 1.49. The van der Waals surface area contributed by atoms with Crippen molar-refractivity contribution in [2.45, 2.75) is 19.3 Å². The number of unbranched alkanes of at least 4 members (excludes halogenated alkanes) is 2. The molecular weight excluding hydrogens is 391 g/mol. The van der Waals surface area contributed by atoms with E-state index in [-0.39, 0.29) is 6.61 Å². The summed E-state index contributed by atoms with van der Waals surface area (Å²) < 4.78 is 0. The van der Waals surface area contributed by atoms with Gasteiger partial charge in [-0.05, 0) is 62.1 Å². The summed E-state index contributed by atoms with van der Waals surface area (Å²) in [5.41, 5.74) is 2.07. The van der Waals surface area contributed by atoms with Gasteiger partial charge in [-0.3, -0.25) is 0 Å². The topological polar surface area (TPSA) is 20.2 Å². The average Bonchev–Trinajstić information content (AvgIpc) is 2.52. The summed E-state index contributed by atoms with van der Waals surface area (Å²) in [5.74, 6) is 9.45. The second-order valence-electron chi connectivity index (χ2n) is 4.56. The van der Waals surface area contributed by atoms with Gasteiger partial charge in [-0.1, -0.05) is 29.9 Å². The largest absolute Gasteiger partial charge is 0.396 e. The number of aliphatic hydroxyl groups is 1. The molecule has 0 atom stereocenters. The Balaban J connectivity index is 2.15. The number of hydrogen-bond donors (Lipinski definition) is 1. The maximum atomic E-state index is 8.72. The summed E-state index contributed by atoms with van der Waals surface area (Å²) in [4.78, 5) is 0. The van der Waals surface area contributed by atoms with Gasteiger partial charge in [-0.2, -0.15) is 0 Å². The first-order chi connectivity index (χ1) is 10.3. The molecule has 2 aromatic rings. The van der Waals surface area contributed by atoms with Crippen molar-refractivity contribution in [2.24, 2.45) is 0 Å². The molecule has 0 saturated carbocycles. The highest BCUT2D eigenvalue weighted by Crippen LogP contribution is 2.18. The van der Waals surface area contributed by atoms with Crippen LogP contribution < -0.4 is 0 Å². The first-order valence-corrected chi connectivity index (χ1v) is 10.1. The van der Waals surface area contributed by atoms with Crippen molar-refractivity contribution in [3.05, 3.63) is 47.5 Å². The maximum Gasteiger partial charge on any atom is 0.0431 e. The van der Waals surface area contributed by atoms with Gasteiger partial charge >= 0.3 is 0 Å². The highest BCUT2D eigenvalue weighted by atomic mass is 127. The normalized spacial score (nSPS) is 9.62. The van der Waals surface area contributed by atoms with E-state index >= 15 is 0 Å². The molecule has 0 bridgehead atoms. The van der Waals surface area contributed by atoms with Gasteiger partial charge in [0, 0.05) is 45.4 Å². The highest BCUT2D eigenvalue weighted by molar-refractivity contribution is 14.2. The Kier molecular flexibility index (Phi) is 6.95. The van der Waals surface area contributed by atoms with Crippen molar-refractivity contribution in [1.29, 1.82) is 0 Å². The van der Waals surface area contributed by atoms with Gasteiger partial charge < -0.3 is 5.11 Å². The van der Waals surface area contributed by atoms with Crippen LogP contribution in [0.5, 0.6) is 0 Å². The molecule has 2 aromatic carbocycles. The number of fused-ring (bicyclic) bond motifs is 1. The van der Waals surface area contributed by atoms with E-state index in [1.807, 2.05) is 12.1 Å². The molecule has 0 amide bonds. The Morgan fingerprint density at radius 2 is 1.62 bits per heavy atom. The Labute approximate surface area is 142 Å². The quantitative estimate of drug-likeness (QED) is 0.451. The minimum atomic E-state index is 0.249. The molecule has 0 radical (unpaired) electrons. The van der Waals surface area contributed by atoms with Gasteiger partial charge in [0.15, 0.2) is 0 Å². The molecule has 2 rings (SSSR count). The van der Waals surface area contributed by atoms with Crippen LogP contribution in [0.1, 0.15) is 30.4 Å². The third kappa shape index (κ3) is 5.28. The maximum absolute atomic E-state index is 8.72. The second kappa shape index (κ2) is 9.00. The Morgan fingerprint density at radius 1 is 0.952 bits per heavy atom. The fraction of sp³-hybridized carbons (Fsp3) is 0.222. The van der Waals surface area contributed by atoms with Crippen molar-refractivity contribution < 1.29 is 5.11 Å². The Bertz CT molecular complexity index is 731. The minimum absolute atomic E-state index is 0.249. The zero-order chi connectivity index (χ0) is 14.9. The van der Waals surface area contributed by atoms with E-state index in [0.29, 0.717) is 0 Å². The number of aliphatic hydroxyl groups excluding tert-OH is 1. The van der Waals surface area contributed by atoms with E-state index < -0.39 is 0 Å². The van der Waals surface area contributed by atoms with Crippen molar-refractivity contribution in [2.75, 3.05) is 6.61 Å². The molecule has 1 N–H and O–H groups in total. The fourth-order valence-electron chi connectivity index (χ4n) is 1.97. The fourth-order valence-corrected chi connectivity index (χ4v) is 2.46. The van der Waals surface area contributed by atoms with Crippen LogP contribution in [0.4, 0.5) is 0 Å². The lowest BCUT2D eigenvalue weighted by Crippen LogP contribution is -1.81. The molecule has 0 fully saturated rings. The molecule has 0 aliphatic carbocycles. The van der Waals surface area contributed by atoms with Crippen LogP contribution >= 0.6 is 30.1 Å². The Morgan fingerprint density at radius 3 is 2.24 bits per heavy atom. The lowest BCUT2D eigenvalue weighted by atomic mass is 10.0. The van der Waals surface area contributed by atoms with Crippen LogP contribution in [0.2, 0.25) is 0 Å². The third-order valence-electron chi connectivity index (χ3n) is 3.02. The lowest BCUT2D eigenvalue weighted by molar-refractivity contribution is 0.285. The molecule has 0 heterocycles. The highest BCUT2D eigenvalue weighted by Gasteiger charge is 1.96. The van der Waals surface area contributed by atoms with E-state index in [2.05, 4.69) is 68.5 Å². The van der Waals surface area contributed by atoms with Crippen LogP contribution in [0.15, 0.2) is 36.4 Å². The minimum Gasteiger partial charge on any atom is -0.396 e. The summed E-state index contributed by atoms with van der Waals surface area (Å²) in [6.45, 7) is 0.249. The molecule has 0 aliphatic rings. The molecule has 0 aromatic heterocycles. The predicted octanol–water partition coefficient (Wildman–Crippen LogP) is 4.75. The predicted molar refractivity (Wildman–Crippen MR) is 100 cm³/mol. The van der Waals surface area contributed by atoms with E-state index in [1.54, 1.807) is 0 Å². The van der Waals surface area contributed by atoms with E-state index in [9.17, 15) is 0 Å². The molecule has 0 aliphatic heterocycles. The van der Waals surface area contributed by atoms with Crippen LogP contribution in [0.25, 0.3) is 10.8 Å². The number of benzene rings is 2. The molecule has 0 spiro atoms. The molecule has 21 heavy (non-hydrogen) atoms. The molecule has 0 unspecified atom stereocenters. The van der Waals surface area contributed by atoms with Crippen LogP contribution in [0, 0.1) is 23.0 Å². The standard InChI is InChI=1S/C18H15IOS/c19-21-12-10-16-7-9-17-13-15(6-8-18(17)14-16)5-3-1-2-4-11-20/h6-9,13-14,20H,1-2,4,11H2. The molecule has 0 saturated heterocycles. The van der Waals surface area contributed by atoms with Crippen LogP contribution in [0.3, 0.4) is 0 Å².